The number of hydrogen-bond donors (Lipinski definition) is 2. The van der Waals surface area contributed by atoms with Crippen molar-refractivity contribution in [3.8, 4) is 0 Å². The van der Waals surface area contributed by atoms with Gasteiger partial charge in [-0.2, -0.15) is 0 Å². The van der Waals surface area contributed by atoms with Gasteiger partial charge in [0, 0.05) is 16.4 Å². The molecule has 0 aromatic heterocycles. The van der Waals surface area contributed by atoms with Crippen LogP contribution in [-0.2, 0) is 4.79 Å². The topological polar surface area (TPSA) is 55.1 Å². The van der Waals surface area contributed by atoms with E-state index in [1.54, 1.807) is 0 Å². The summed E-state index contributed by atoms with van der Waals surface area (Å²) in [5.41, 5.74) is 7.06. The van der Waals surface area contributed by atoms with Crippen molar-refractivity contribution >= 4 is 21.8 Å². The van der Waals surface area contributed by atoms with Crippen molar-refractivity contribution in [3.63, 3.8) is 0 Å². The average Bonchev–Trinajstić information content (AvgIpc) is 2.76. The van der Waals surface area contributed by atoms with Crippen LogP contribution in [0.5, 0.6) is 0 Å². The molecule has 1 aliphatic rings. The standard InChI is InChI=1S/C15H21BrN2O/c1-11(12-4-6-13(16)7-5-12)18-14(19)10-15(17)8-2-3-9-15/h4-7,11H,2-3,8-10,17H2,1H3,(H,18,19)/t11-/m0/s1. The molecule has 2 rings (SSSR count). The Morgan fingerprint density at radius 3 is 2.53 bits per heavy atom. The molecule has 1 saturated carbocycles. The van der Waals surface area contributed by atoms with Crippen LogP contribution < -0.4 is 11.1 Å². The molecule has 0 bridgehead atoms. The summed E-state index contributed by atoms with van der Waals surface area (Å²) in [5, 5.41) is 3.03. The first-order valence-corrected chi connectivity index (χ1v) is 7.62. The average molecular weight is 325 g/mol. The highest BCUT2D eigenvalue weighted by atomic mass is 79.9. The summed E-state index contributed by atoms with van der Waals surface area (Å²) in [6.45, 7) is 2.00. The van der Waals surface area contributed by atoms with Gasteiger partial charge in [-0.25, -0.2) is 0 Å². The molecular formula is C15H21BrN2O. The molecule has 1 aromatic rings. The molecule has 19 heavy (non-hydrogen) atoms. The van der Waals surface area contributed by atoms with E-state index in [2.05, 4.69) is 21.2 Å². The van der Waals surface area contributed by atoms with E-state index < -0.39 is 0 Å². The van der Waals surface area contributed by atoms with Crippen LogP contribution in [0.1, 0.15) is 50.6 Å². The highest BCUT2D eigenvalue weighted by Crippen LogP contribution is 2.30. The number of carbonyl (C=O) groups is 1. The van der Waals surface area contributed by atoms with Gasteiger partial charge in [-0.15, -0.1) is 0 Å². The molecule has 104 valence electrons. The Labute approximate surface area is 123 Å². The minimum atomic E-state index is -0.274. The first-order chi connectivity index (χ1) is 8.98. The minimum absolute atomic E-state index is 0.0191. The molecule has 0 aliphatic heterocycles. The molecule has 4 heteroatoms. The zero-order valence-corrected chi connectivity index (χ0v) is 12.9. The molecule has 1 atom stereocenters. The maximum Gasteiger partial charge on any atom is 0.222 e. The van der Waals surface area contributed by atoms with E-state index in [1.165, 1.54) is 0 Å². The lowest BCUT2D eigenvalue weighted by atomic mass is 9.94. The van der Waals surface area contributed by atoms with Gasteiger partial charge in [0.05, 0.1) is 6.04 Å². The van der Waals surface area contributed by atoms with Gasteiger partial charge in [0.1, 0.15) is 0 Å². The zero-order chi connectivity index (χ0) is 13.9. The molecule has 1 aromatic carbocycles. The normalized spacial score (nSPS) is 19.1. The fraction of sp³-hybridized carbons (Fsp3) is 0.533. The summed E-state index contributed by atoms with van der Waals surface area (Å²) in [6.07, 6.45) is 4.66. The molecule has 3 nitrogen and oxygen atoms in total. The number of nitrogens with one attached hydrogen (secondary N) is 1. The van der Waals surface area contributed by atoms with Gasteiger partial charge in [0.25, 0.3) is 0 Å². The Morgan fingerprint density at radius 2 is 1.95 bits per heavy atom. The lowest BCUT2D eigenvalue weighted by Gasteiger charge is -2.24. The maximum atomic E-state index is 12.1. The Bertz CT molecular complexity index is 438. The number of nitrogens with two attached hydrogens (primary N) is 1. The second-order valence-corrected chi connectivity index (χ2v) is 6.50. The van der Waals surface area contributed by atoms with E-state index in [0.717, 1.165) is 35.7 Å². The monoisotopic (exact) mass is 324 g/mol. The lowest BCUT2D eigenvalue weighted by molar-refractivity contribution is -0.122. The van der Waals surface area contributed by atoms with Crippen molar-refractivity contribution in [2.75, 3.05) is 0 Å². The van der Waals surface area contributed by atoms with E-state index in [4.69, 9.17) is 5.73 Å². The molecule has 3 N–H and O–H groups in total. The Hall–Kier alpha value is -0.870. The van der Waals surface area contributed by atoms with E-state index in [-0.39, 0.29) is 17.5 Å². The Kier molecular flexibility index (Phi) is 4.63. The summed E-state index contributed by atoms with van der Waals surface area (Å²) in [5.74, 6) is 0.0554. The van der Waals surface area contributed by atoms with Gasteiger partial charge in [0.2, 0.25) is 5.91 Å². The first kappa shape index (κ1) is 14.5. The van der Waals surface area contributed by atoms with Crippen molar-refractivity contribution in [1.29, 1.82) is 0 Å². The van der Waals surface area contributed by atoms with Crippen LogP contribution >= 0.6 is 15.9 Å². The lowest BCUT2D eigenvalue weighted by Crippen LogP contribution is -2.42. The molecule has 1 aliphatic carbocycles. The molecule has 0 radical (unpaired) electrons. The molecule has 0 saturated heterocycles. The van der Waals surface area contributed by atoms with Gasteiger partial charge >= 0.3 is 0 Å². The van der Waals surface area contributed by atoms with E-state index >= 15 is 0 Å². The highest BCUT2D eigenvalue weighted by Gasteiger charge is 2.31. The fourth-order valence-electron chi connectivity index (χ4n) is 2.70. The third-order valence-corrected chi connectivity index (χ3v) is 4.39. The zero-order valence-electron chi connectivity index (χ0n) is 11.3. The van der Waals surface area contributed by atoms with Crippen LogP contribution in [-0.4, -0.2) is 11.4 Å². The smallest absolute Gasteiger partial charge is 0.222 e. The number of amides is 1. The van der Waals surface area contributed by atoms with Gasteiger partial charge in [0.15, 0.2) is 0 Å². The van der Waals surface area contributed by atoms with E-state index in [9.17, 15) is 4.79 Å². The Morgan fingerprint density at radius 1 is 1.37 bits per heavy atom. The van der Waals surface area contributed by atoms with Crippen LogP contribution in [0.15, 0.2) is 28.7 Å². The molecular weight excluding hydrogens is 304 g/mol. The summed E-state index contributed by atoms with van der Waals surface area (Å²) in [4.78, 5) is 12.1. The number of benzene rings is 1. The number of carbonyl (C=O) groups excluding carboxylic acids is 1. The number of rotatable bonds is 4. The van der Waals surface area contributed by atoms with Crippen LogP contribution in [0.25, 0.3) is 0 Å². The third kappa shape index (κ3) is 4.05. The number of halogens is 1. The van der Waals surface area contributed by atoms with Crippen molar-refractivity contribution in [2.24, 2.45) is 5.73 Å². The quantitative estimate of drug-likeness (QED) is 0.892. The predicted molar refractivity (Wildman–Crippen MR) is 80.7 cm³/mol. The van der Waals surface area contributed by atoms with E-state index in [0.29, 0.717) is 6.42 Å². The van der Waals surface area contributed by atoms with Crippen LogP contribution in [0.4, 0.5) is 0 Å². The van der Waals surface area contributed by atoms with Gasteiger partial charge < -0.3 is 11.1 Å². The van der Waals surface area contributed by atoms with Crippen LogP contribution in [0, 0.1) is 0 Å². The highest BCUT2D eigenvalue weighted by molar-refractivity contribution is 9.10. The largest absolute Gasteiger partial charge is 0.350 e. The van der Waals surface area contributed by atoms with Crippen molar-refractivity contribution < 1.29 is 4.79 Å². The third-order valence-electron chi connectivity index (χ3n) is 3.86. The SMILES string of the molecule is C[C@H](NC(=O)CC1(N)CCCC1)c1ccc(Br)cc1. The van der Waals surface area contributed by atoms with Crippen molar-refractivity contribution in [2.45, 2.75) is 50.6 Å². The second-order valence-electron chi connectivity index (χ2n) is 5.59. The number of hydrogen-bond acceptors (Lipinski definition) is 2. The summed E-state index contributed by atoms with van der Waals surface area (Å²) in [7, 11) is 0. The summed E-state index contributed by atoms with van der Waals surface area (Å²) in [6, 6.07) is 8.02. The van der Waals surface area contributed by atoms with Gasteiger partial charge in [-0.1, -0.05) is 40.9 Å². The van der Waals surface area contributed by atoms with Crippen LogP contribution in [0.2, 0.25) is 0 Å². The maximum absolute atomic E-state index is 12.1. The van der Waals surface area contributed by atoms with Gasteiger partial charge in [-0.3, -0.25) is 4.79 Å². The summed E-state index contributed by atoms with van der Waals surface area (Å²) >= 11 is 3.41. The molecule has 1 amide bonds. The van der Waals surface area contributed by atoms with Crippen LogP contribution in [0.3, 0.4) is 0 Å². The minimum Gasteiger partial charge on any atom is -0.350 e. The molecule has 1 fully saturated rings. The molecule has 0 spiro atoms. The second kappa shape index (κ2) is 6.06. The first-order valence-electron chi connectivity index (χ1n) is 6.82. The fourth-order valence-corrected chi connectivity index (χ4v) is 2.97. The Balaban J connectivity index is 1.89. The molecule has 0 unspecified atom stereocenters. The molecule has 0 heterocycles. The van der Waals surface area contributed by atoms with Crippen molar-refractivity contribution in [1.82, 2.24) is 5.32 Å². The van der Waals surface area contributed by atoms with E-state index in [1.807, 2.05) is 31.2 Å². The van der Waals surface area contributed by atoms with Gasteiger partial charge in [-0.05, 0) is 37.5 Å². The predicted octanol–water partition coefficient (Wildman–Crippen LogP) is 3.29. The van der Waals surface area contributed by atoms with Crippen molar-refractivity contribution in [3.05, 3.63) is 34.3 Å². The summed E-state index contributed by atoms with van der Waals surface area (Å²) < 4.78 is 1.04.